The molecule has 1 unspecified atom stereocenters. The van der Waals surface area contributed by atoms with Crippen molar-refractivity contribution < 1.29 is 4.74 Å². The minimum atomic E-state index is 0.608. The third-order valence-corrected chi connectivity index (χ3v) is 1.82. The SMILES string of the molecule is [CH2]CCCCC1CCO1. The Bertz CT molecular complexity index is 67.0. The van der Waals surface area contributed by atoms with Gasteiger partial charge in [0.1, 0.15) is 0 Å². The Kier molecular flexibility index (Phi) is 3.05. The van der Waals surface area contributed by atoms with Gasteiger partial charge >= 0.3 is 0 Å². The Morgan fingerprint density at radius 1 is 1.44 bits per heavy atom. The first-order valence-electron chi connectivity index (χ1n) is 3.84. The van der Waals surface area contributed by atoms with Gasteiger partial charge in [0.25, 0.3) is 0 Å². The van der Waals surface area contributed by atoms with E-state index in [4.69, 9.17) is 4.74 Å². The lowest BCUT2D eigenvalue weighted by atomic mass is 10.1. The van der Waals surface area contributed by atoms with Crippen molar-refractivity contribution in [2.24, 2.45) is 0 Å². The summed E-state index contributed by atoms with van der Waals surface area (Å²) in [6, 6.07) is 0. The molecule has 1 saturated heterocycles. The molecule has 1 fully saturated rings. The van der Waals surface area contributed by atoms with Gasteiger partial charge in [-0.25, -0.2) is 0 Å². The number of rotatable bonds is 4. The van der Waals surface area contributed by atoms with Crippen molar-refractivity contribution in [3.8, 4) is 0 Å². The summed E-state index contributed by atoms with van der Waals surface area (Å²) in [5.41, 5.74) is 0. The highest BCUT2D eigenvalue weighted by molar-refractivity contribution is 4.65. The smallest absolute Gasteiger partial charge is 0.0597 e. The second-order valence-corrected chi connectivity index (χ2v) is 2.63. The van der Waals surface area contributed by atoms with Crippen molar-refractivity contribution in [3.05, 3.63) is 6.92 Å². The number of hydrogen-bond donors (Lipinski definition) is 0. The predicted octanol–water partition coefficient (Wildman–Crippen LogP) is 2.17. The van der Waals surface area contributed by atoms with Crippen LogP contribution < -0.4 is 0 Å². The molecular weight excluding hydrogens is 112 g/mol. The van der Waals surface area contributed by atoms with E-state index in [2.05, 4.69) is 6.92 Å². The van der Waals surface area contributed by atoms with Crippen LogP contribution in [0.2, 0.25) is 0 Å². The van der Waals surface area contributed by atoms with Crippen molar-refractivity contribution in [2.45, 2.75) is 38.2 Å². The first kappa shape index (κ1) is 7.07. The number of hydrogen-bond acceptors (Lipinski definition) is 1. The van der Waals surface area contributed by atoms with Gasteiger partial charge in [-0.2, -0.15) is 0 Å². The van der Waals surface area contributed by atoms with E-state index in [0.29, 0.717) is 6.10 Å². The molecule has 0 amide bonds. The fourth-order valence-corrected chi connectivity index (χ4v) is 1.06. The van der Waals surface area contributed by atoms with E-state index in [1.165, 1.54) is 25.7 Å². The Morgan fingerprint density at radius 3 is 2.67 bits per heavy atom. The summed E-state index contributed by atoms with van der Waals surface area (Å²) in [6.45, 7) is 4.78. The zero-order valence-electron chi connectivity index (χ0n) is 5.94. The van der Waals surface area contributed by atoms with E-state index >= 15 is 0 Å². The number of ether oxygens (including phenoxy) is 1. The Morgan fingerprint density at radius 2 is 2.22 bits per heavy atom. The van der Waals surface area contributed by atoms with E-state index < -0.39 is 0 Å². The molecule has 9 heavy (non-hydrogen) atoms. The summed E-state index contributed by atoms with van der Waals surface area (Å²) >= 11 is 0. The molecule has 0 saturated carbocycles. The third kappa shape index (κ3) is 2.35. The summed E-state index contributed by atoms with van der Waals surface area (Å²) in [4.78, 5) is 0. The predicted molar refractivity (Wildman–Crippen MR) is 38.2 cm³/mol. The standard InChI is InChI=1S/C8H15O/c1-2-3-4-5-8-6-7-9-8/h8H,1-7H2. The van der Waals surface area contributed by atoms with Crippen molar-refractivity contribution >= 4 is 0 Å². The second-order valence-electron chi connectivity index (χ2n) is 2.63. The molecule has 0 aromatic heterocycles. The molecule has 53 valence electrons. The van der Waals surface area contributed by atoms with Gasteiger partial charge in [0.2, 0.25) is 0 Å². The van der Waals surface area contributed by atoms with Gasteiger partial charge in [0, 0.05) is 6.61 Å². The lowest BCUT2D eigenvalue weighted by molar-refractivity contribution is -0.0555. The molecule has 0 N–H and O–H groups in total. The van der Waals surface area contributed by atoms with E-state index in [1.54, 1.807) is 0 Å². The van der Waals surface area contributed by atoms with Crippen LogP contribution in [0.3, 0.4) is 0 Å². The molecule has 1 aliphatic rings. The van der Waals surface area contributed by atoms with Crippen LogP contribution in [-0.4, -0.2) is 12.7 Å². The highest BCUT2D eigenvalue weighted by Gasteiger charge is 2.16. The Labute approximate surface area is 57.4 Å². The molecule has 1 aliphatic heterocycles. The molecule has 1 radical (unpaired) electrons. The molecule has 0 aromatic carbocycles. The van der Waals surface area contributed by atoms with Crippen molar-refractivity contribution in [3.63, 3.8) is 0 Å². The Balaban J connectivity index is 1.80. The van der Waals surface area contributed by atoms with Gasteiger partial charge in [-0.3, -0.25) is 0 Å². The summed E-state index contributed by atoms with van der Waals surface area (Å²) in [7, 11) is 0. The molecule has 1 heteroatoms. The van der Waals surface area contributed by atoms with Crippen LogP contribution in [0, 0.1) is 6.92 Å². The first-order chi connectivity index (χ1) is 4.43. The minimum Gasteiger partial charge on any atom is -0.378 e. The summed E-state index contributed by atoms with van der Waals surface area (Å²) in [5.74, 6) is 0. The molecule has 1 atom stereocenters. The van der Waals surface area contributed by atoms with E-state index in [0.717, 1.165) is 13.0 Å². The van der Waals surface area contributed by atoms with Crippen LogP contribution >= 0.6 is 0 Å². The third-order valence-electron chi connectivity index (χ3n) is 1.82. The van der Waals surface area contributed by atoms with Gasteiger partial charge in [0.05, 0.1) is 6.10 Å². The summed E-state index contributed by atoms with van der Waals surface area (Å²) < 4.78 is 5.26. The molecular formula is C8H15O. The highest BCUT2D eigenvalue weighted by Crippen LogP contribution is 2.17. The van der Waals surface area contributed by atoms with E-state index in [9.17, 15) is 0 Å². The summed E-state index contributed by atoms with van der Waals surface area (Å²) in [6.07, 6.45) is 6.80. The van der Waals surface area contributed by atoms with Gasteiger partial charge in [0.15, 0.2) is 0 Å². The van der Waals surface area contributed by atoms with E-state index in [1.807, 2.05) is 0 Å². The summed E-state index contributed by atoms with van der Waals surface area (Å²) in [5, 5.41) is 0. The largest absolute Gasteiger partial charge is 0.378 e. The monoisotopic (exact) mass is 127 g/mol. The maximum Gasteiger partial charge on any atom is 0.0597 e. The zero-order chi connectivity index (χ0) is 6.53. The molecule has 1 nitrogen and oxygen atoms in total. The normalized spacial score (nSPS) is 25.7. The van der Waals surface area contributed by atoms with Crippen LogP contribution in [0.1, 0.15) is 32.1 Å². The van der Waals surface area contributed by atoms with Gasteiger partial charge in [-0.15, -0.1) is 0 Å². The van der Waals surface area contributed by atoms with Crippen LogP contribution in [0.5, 0.6) is 0 Å². The fourth-order valence-electron chi connectivity index (χ4n) is 1.06. The van der Waals surface area contributed by atoms with E-state index in [-0.39, 0.29) is 0 Å². The van der Waals surface area contributed by atoms with Crippen molar-refractivity contribution in [2.75, 3.05) is 6.61 Å². The van der Waals surface area contributed by atoms with Crippen molar-refractivity contribution in [1.29, 1.82) is 0 Å². The number of unbranched alkanes of at least 4 members (excludes halogenated alkanes) is 2. The minimum absolute atomic E-state index is 0.608. The maximum absolute atomic E-state index is 5.26. The van der Waals surface area contributed by atoms with Gasteiger partial charge in [-0.05, 0) is 12.8 Å². The highest BCUT2D eigenvalue weighted by atomic mass is 16.5. The lowest BCUT2D eigenvalue weighted by Gasteiger charge is -2.26. The zero-order valence-corrected chi connectivity index (χ0v) is 5.94. The molecule has 0 aliphatic carbocycles. The quantitative estimate of drug-likeness (QED) is 0.526. The van der Waals surface area contributed by atoms with Crippen LogP contribution in [-0.2, 0) is 4.74 Å². The molecule has 1 heterocycles. The first-order valence-corrected chi connectivity index (χ1v) is 3.84. The molecule has 0 bridgehead atoms. The Hall–Kier alpha value is -0.0400. The average molecular weight is 127 g/mol. The van der Waals surface area contributed by atoms with Gasteiger partial charge in [-0.1, -0.05) is 26.2 Å². The van der Waals surface area contributed by atoms with Crippen LogP contribution in [0.4, 0.5) is 0 Å². The molecule has 1 rings (SSSR count). The van der Waals surface area contributed by atoms with Crippen LogP contribution in [0.15, 0.2) is 0 Å². The maximum atomic E-state index is 5.26. The van der Waals surface area contributed by atoms with Gasteiger partial charge < -0.3 is 4.74 Å². The fraction of sp³-hybridized carbons (Fsp3) is 0.875. The van der Waals surface area contributed by atoms with Crippen LogP contribution in [0.25, 0.3) is 0 Å². The topological polar surface area (TPSA) is 9.23 Å². The molecule has 0 aromatic rings. The van der Waals surface area contributed by atoms with Crippen molar-refractivity contribution in [1.82, 2.24) is 0 Å². The average Bonchev–Trinajstić information content (AvgIpc) is 1.76. The second kappa shape index (κ2) is 3.89. The molecule has 0 spiro atoms. The lowest BCUT2D eigenvalue weighted by Crippen LogP contribution is -2.26.